The van der Waals surface area contributed by atoms with Crippen molar-refractivity contribution in [2.75, 3.05) is 12.4 Å². The maximum absolute atomic E-state index is 9.54. The number of methoxy groups -OCH3 is 1. The van der Waals surface area contributed by atoms with Crippen molar-refractivity contribution in [1.82, 2.24) is 0 Å². The van der Waals surface area contributed by atoms with Crippen LogP contribution in [0.3, 0.4) is 0 Å². The number of nitrogens with zero attached hydrogens (tertiary/aromatic N) is 3. The van der Waals surface area contributed by atoms with Crippen molar-refractivity contribution in [1.29, 1.82) is 15.8 Å². The number of phenols is 1. The summed E-state index contributed by atoms with van der Waals surface area (Å²) in [5.41, 5.74) is -0.134. The lowest BCUT2D eigenvalue weighted by molar-refractivity contribution is 0.373. The first kappa shape index (κ1) is 12.9. The molecule has 0 aliphatic carbocycles. The summed E-state index contributed by atoms with van der Waals surface area (Å²) in [5.74, 6) is 0.166. The Morgan fingerprint density at radius 3 is 2.33 bits per heavy atom. The molecule has 0 saturated heterocycles. The largest absolute Gasteiger partial charge is 0.504 e. The van der Waals surface area contributed by atoms with Crippen LogP contribution in [0.4, 0.5) is 5.69 Å². The maximum atomic E-state index is 9.54. The minimum atomic E-state index is -0.326. The molecular weight excluding hydrogens is 232 g/mol. The van der Waals surface area contributed by atoms with Crippen LogP contribution in [0.5, 0.6) is 11.5 Å². The van der Waals surface area contributed by atoms with E-state index in [1.54, 1.807) is 24.3 Å². The van der Waals surface area contributed by atoms with Crippen molar-refractivity contribution in [2.45, 2.75) is 0 Å². The molecule has 1 aromatic carbocycles. The van der Waals surface area contributed by atoms with Crippen LogP contribution in [0.15, 0.2) is 29.5 Å². The lowest BCUT2D eigenvalue weighted by Crippen LogP contribution is -2.00. The molecule has 0 atom stereocenters. The third-order valence-electron chi connectivity index (χ3n) is 2.03. The Bertz CT molecular complexity index is 598. The second-order valence-corrected chi connectivity index (χ2v) is 3.10. The van der Waals surface area contributed by atoms with Gasteiger partial charge in [0.05, 0.1) is 7.11 Å². The topological polar surface area (TPSA) is 113 Å². The zero-order valence-corrected chi connectivity index (χ0v) is 9.43. The van der Waals surface area contributed by atoms with E-state index in [2.05, 4.69) is 5.32 Å². The molecule has 2 N–H and O–H groups in total. The van der Waals surface area contributed by atoms with Crippen LogP contribution in [0.25, 0.3) is 0 Å². The SMILES string of the molecule is COc1ccc(NC(C#N)=C(C#N)C#N)cc1O. The Kier molecular flexibility index (Phi) is 4.15. The van der Waals surface area contributed by atoms with Gasteiger partial charge in [0, 0.05) is 11.8 Å². The van der Waals surface area contributed by atoms with E-state index in [4.69, 9.17) is 20.5 Å². The first-order valence-corrected chi connectivity index (χ1v) is 4.74. The highest BCUT2D eigenvalue weighted by atomic mass is 16.5. The van der Waals surface area contributed by atoms with Gasteiger partial charge in [-0.25, -0.2) is 0 Å². The Labute approximate surface area is 104 Å². The standard InChI is InChI=1S/C12H8N4O2/c1-18-12-3-2-9(4-11(12)17)16-10(7-15)8(5-13)6-14/h2-4,16-17H,1H3. The van der Waals surface area contributed by atoms with Gasteiger partial charge >= 0.3 is 0 Å². The average Bonchev–Trinajstić information content (AvgIpc) is 2.39. The van der Waals surface area contributed by atoms with Crippen LogP contribution < -0.4 is 10.1 Å². The zero-order chi connectivity index (χ0) is 13.5. The zero-order valence-electron chi connectivity index (χ0n) is 9.43. The number of hydrogen-bond donors (Lipinski definition) is 2. The number of ether oxygens (including phenoxy) is 1. The van der Waals surface area contributed by atoms with Gasteiger partial charge in [-0.1, -0.05) is 0 Å². The van der Waals surface area contributed by atoms with Gasteiger partial charge in [-0.15, -0.1) is 0 Å². The summed E-state index contributed by atoms with van der Waals surface area (Å²) in [7, 11) is 1.41. The summed E-state index contributed by atoms with van der Waals surface area (Å²) < 4.78 is 4.86. The molecule has 0 unspecified atom stereocenters. The highest BCUT2D eigenvalue weighted by Gasteiger charge is 2.08. The Morgan fingerprint density at radius 2 is 1.89 bits per heavy atom. The lowest BCUT2D eigenvalue weighted by Gasteiger charge is -2.07. The molecule has 0 amide bonds. The van der Waals surface area contributed by atoms with Crippen LogP contribution in [0, 0.1) is 34.0 Å². The van der Waals surface area contributed by atoms with E-state index in [-0.39, 0.29) is 22.8 Å². The second-order valence-electron chi connectivity index (χ2n) is 3.10. The van der Waals surface area contributed by atoms with E-state index in [1.807, 2.05) is 0 Å². The summed E-state index contributed by atoms with van der Waals surface area (Å²) in [6, 6.07) is 9.28. The predicted molar refractivity (Wildman–Crippen MR) is 62.1 cm³/mol. The molecule has 6 nitrogen and oxygen atoms in total. The molecule has 0 heterocycles. The third-order valence-corrected chi connectivity index (χ3v) is 2.03. The van der Waals surface area contributed by atoms with Gasteiger partial charge in [-0.3, -0.25) is 0 Å². The lowest BCUT2D eigenvalue weighted by atomic mass is 10.2. The number of nitrogens with one attached hydrogen (secondary N) is 1. The van der Waals surface area contributed by atoms with Crippen LogP contribution in [-0.2, 0) is 0 Å². The summed E-state index contributed by atoms with van der Waals surface area (Å²) in [6.45, 7) is 0. The van der Waals surface area contributed by atoms with Gasteiger partial charge in [-0.05, 0) is 12.1 Å². The number of allylic oxidation sites excluding steroid dienone is 2. The van der Waals surface area contributed by atoms with Crippen LogP contribution in [-0.4, -0.2) is 12.2 Å². The molecule has 0 aliphatic rings. The van der Waals surface area contributed by atoms with Gasteiger partial charge in [-0.2, -0.15) is 15.8 Å². The van der Waals surface area contributed by atoms with Crippen LogP contribution in [0.1, 0.15) is 0 Å². The molecule has 0 aliphatic heterocycles. The molecule has 1 aromatic rings. The number of benzene rings is 1. The molecule has 0 radical (unpaired) electrons. The van der Waals surface area contributed by atoms with Crippen molar-refractivity contribution in [3.05, 3.63) is 29.5 Å². The molecule has 88 valence electrons. The van der Waals surface area contributed by atoms with Gasteiger partial charge in [0.1, 0.15) is 23.9 Å². The summed E-state index contributed by atoms with van der Waals surface area (Å²) >= 11 is 0. The molecular formula is C12H8N4O2. The van der Waals surface area contributed by atoms with Crippen molar-refractivity contribution in [3.63, 3.8) is 0 Å². The van der Waals surface area contributed by atoms with E-state index in [9.17, 15) is 5.11 Å². The fraction of sp³-hybridized carbons (Fsp3) is 0.0833. The molecule has 18 heavy (non-hydrogen) atoms. The van der Waals surface area contributed by atoms with E-state index in [1.165, 1.54) is 19.2 Å². The van der Waals surface area contributed by atoms with E-state index in [0.717, 1.165) is 0 Å². The first-order valence-electron chi connectivity index (χ1n) is 4.74. The van der Waals surface area contributed by atoms with Crippen LogP contribution in [0.2, 0.25) is 0 Å². The molecule has 0 saturated carbocycles. The number of hydrogen-bond acceptors (Lipinski definition) is 6. The first-order chi connectivity index (χ1) is 8.65. The molecule has 0 aromatic heterocycles. The maximum Gasteiger partial charge on any atom is 0.163 e. The van der Waals surface area contributed by atoms with Crippen molar-refractivity contribution >= 4 is 5.69 Å². The molecule has 1 rings (SSSR count). The fourth-order valence-corrected chi connectivity index (χ4v) is 1.20. The van der Waals surface area contributed by atoms with Crippen molar-refractivity contribution in [3.8, 4) is 29.7 Å². The van der Waals surface area contributed by atoms with Crippen molar-refractivity contribution in [2.24, 2.45) is 0 Å². The normalized spacial score (nSPS) is 8.33. The Balaban J connectivity index is 3.10. The number of aromatic hydroxyl groups is 1. The van der Waals surface area contributed by atoms with E-state index >= 15 is 0 Å². The van der Waals surface area contributed by atoms with E-state index in [0.29, 0.717) is 5.69 Å². The smallest absolute Gasteiger partial charge is 0.163 e. The highest BCUT2D eigenvalue weighted by Crippen LogP contribution is 2.29. The predicted octanol–water partition coefficient (Wildman–Crippen LogP) is 1.64. The average molecular weight is 240 g/mol. The monoisotopic (exact) mass is 240 g/mol. The fourth-order valence-electron chi connectivity index (χ4n) is 1.20. The van der Waals surface area contributed by atoms with Gasteiger partial charge in [0.2, 0.25) is 0 Å². The minimum absolute atomic E-state index is 0.116. The molecule has 6 heteroatoms. The number of anilines is 1. The summed E-state index contributed by atoms with van der Waals surface area (Å²) in [5, 5.41) is 38.2. The highest BCUT2D eigenvalue weighted by molar-refractivity contribution is 5.61. The van der Waals surface area contributed by atoms with Gasteiger partial charge in [0.25, 0.3) is 0 Å². The third kappa shape index (κ3) is 2.69. The Morgan fingerprint density at radius 1 is 1.22 bits per heavy atom. The number of phenolic OH excluding ortho intramolecular Hbond substituents is 1. The Hall–Kier alpha value is -3.17. The minimum Gasteiger partial charge on any atom is -0.504 e. The quantitative estimate of drug-likeness (QED) is 0.776. The number of rotatable bonds is 3. The van der Waals surface area contributed by atoms with Gasteiger partial charge < -0.3 is 15.2 Å². The summed E-state index contributed by atoms with van der Waals surface area (Å²) in [6.07, 6.45) is 0. The molecule has 0 bridgehead atoms. The second kappa shape index (κ2) is 5.79. The summed E-state index contributed by atoms with van der Waals surface area (Å²) in [4.78, 5) is 0. The van der Waals surface area contributed by atoms with E-state index < -0.39 is 0 Å². The van der Waals surface area contributed by atoms with Gasteiger partial charge in [0.15, 0.2) is 17.1 Å². The van der Waals surface area contributed by atoms with Crippen LogP contribution >= 0.6 is 0 Å². The molecule has 0 spiro atoms. The number of nitriles is 3. The molecule has 0 fully saturated rings. The van der Waals surface area contributed by atoms with Crippen molar-refractivity contribution < 1.29 is 9.84 Å².